The first-order valence-corrected chi connectivity index (χ1v) is 7.20. The highest BCUT2D eigenvalue weighted by Gasteiger charge is 2.20. The van der Waals surface area contributed by atoms with Gasteiger partial charge in [0.25, 0.3) is 5.91 Å². The topological polar surface area (TPSA) is 68.0 Å². The van der Waals surface area contributed by atoms with E-state index in [-0.39, 0.29) is 5.91 Å². The van der Waals surface area contributed by atoms with E-state index in [2.05, 4.69) is 16.5 Å². The first-order chi connectivity index (χ1) is 9.79. The largest absolute Gasteiger partial charge is 0.289 e. The van der Waals surface area contributed by atoms with Crippen LogP contribution in [-0.4, -0.2) is 10.9 Å². The Bertz CT molecular complexity index is 633. The number of carbonyl (C=O) groups is 1. The highest BCUT2D eigenvalue weighted by Crippen LogP contribution is 2.36. The maximum atomic E-state index is 11.8. The van der Waals surface area contributed by atoms with Crippen LogP contribution in [0.4, 0.5) is 0 Å². The van der Waals surface area contributed by atoms with Crippen molar-refractivity contribution < 1.29 is 4.79 Å². The summed E-state index contributed by atoms with van der Waals surface area (Å²) in [5.74, 6) is 5.44. The van der Waals surface area contributed by atoms with Gasteiger partial charge in [-0.2, -0.15) is 0 Å². The van der Waals surface area contributed by atoms with Crippen molar-refractivity contribution in [2.75, 3.05) is 0 Å². The molecule has 1 aromatic heterocycles. The van der Waals surface area contributed by atoms with Crippen molar-refractivity contribution in [1.29, 1.82) is 0 Å². The van der Waals surface area contributed by atoms with Gasteiger partial charge in [0.1, 0.15) is 5.69 Å². The highest BCUT2D eigenvalue weighted by molar-refractivity contribution is 5.95. The summed E-state index contributed by atoms with van der Waals surface area (Å²) in [6, 6.07) is 9.94. The molecule has 3 rings (SSSR count). The van der Waals surface area contributed by atoms with Crippen LogP contribution in [0.15, 0.2) is 30.3 Å². The van der Waals surface area contributed by atoms with Gasteiger partial charge < -0.3 is 0 Å². The van der Waals surface area contributed by atoms with Gasteiger partial charge in [-0.1, -0.05) is 37.5 Å². The molecule has 20 heavy (non-hydrogen) atoms. The van der Waals surface area contributed by atoms with E-state index in [9.17, 15) is 4.79 Å². The number of benzene rings is 1. The number of rotatable bonds is 2. The zero-order valence-electron chi connectivity index (χ0n) is 11.4. The molecule has 2 aromatic rings. The molecule has 1 saturated carbocycles. The molecule has 0 aliphatic heterocycles. The molecule has 104 valence electrons. The molecule has 4 nitrogen and oxygen atoms in total. The van der Waals surface area contributed by atoms with Crippen molar-refractivity contribution in [1.82, 2.24) is 10.4 Å². The Labute approximate surface area is 118 Å². The smallest absolute Gasteiger partial charge is 0.283 e. The van der Waals surface area contributed by atoms with E-state index < -0.39 is 0 Å². The molecule has 4 heteroatoms. The van der Waals surface area contributed by atoms with E-state index in [1.807, 2.05) is 24.3 Å². The van der Waals surface area contributed by atoms with E-state index in [4.69, 9.17) is 5.84 Å². The molecule has 0 unspecified atom stereocenters. The summed E-state index contributed by atoms with van der Waals surface area (Å²) in [5.41, 5.74) is 4.70. The summed E-state index contributed by atoms with van der Waals surface area (Å²) in [4.78, 5) is 16.2. The Kier molecular flexibility index (Phi) is 3.65. The van der Waals surface area contributed by atoms with Crippen molar-refractivity contribution in [3.63, 3.8) is 0 Å². The van der Waals surface area contributed by atoms with Crippen LogP contribution in [0.3, 0.4) is 0 Å². The molecule has 0 spiro atoms. The van der Waals surface area contributed by atoms with E-state index in [1.54, 1.807) is 0 Å². The monoisotopic (exact) mass is 269 g/mol. The normalized spacial score (nSPS) is 16.2. The van der Waals surface area contributed by atoms with Gasteiger partial charge in [-0.25, -0.2) is 10.8 Å². The number of nitrogens with zero attached hydrogens (tertiary/aromatic N) is 1. The van der Waals surface area contributed by atoms with Gasteiger partial charge >= 0.3 is 0 Å². The van der Waals surface area contributed by atoms with Gasteiger partial charge in [0.2, 0.25) is 0 Å². The minimum atomic E-state index is -0.326. The number of fused-ring (bicyclic) bond motifs is 1. The fraction of sp³-hybridized carbons (Fsp3) is 0.375. The minimum Gasteiger partial charge on any atom is -0.289 e. The maximum absolute atomic E-state index is 11.8. The van der Waals surface area contributed by atoms with E-state index in [1.165, 1.54) is 37.7 Å². The van der Waals surface area contributed by atoms with Gasteiger partial charge in [-0.05, 0) is 36.5 Å². The standard InChI is InChI=1S/C16H19N3O/c17-19-16(20)15-10-13(11-6-2-1-3-7-11)12-8-4-5-9-14(12)18-15/h4-5,8-11H,1-3,6-7,17H2,(H,19,20). The van der Waals surface area contributed by atoms with E-state index >= 15 is 0 Å². The predicted molar refractivity (Wildman–Crippen MR) is 79.2 cm³/mol. The van der Waals surface area contributed by atoms with Gasteiger partial charge in [0.15, 0.2) is 0 Å². The second kappa shape index (κ2) is 5.59. The number of nitrogen functional groups attached to an aromatic ring is 1. The molecule has 1 heterocycles. The van der Waals surface area contributed by atoms with Gasteiger partial charge in [0.05, 0.1) is 5.52 Å². The van der Waals surface area contributed by atoms with Gasteiger partial charge in [-0.15, -0.1) is 0 Å². The van der Waals surface area contributed by atoms with Crippen molar-refractivity contribution in [2.45, 2.75) is 38.0 Å². The minimum absolute atomic E-state index is 0.326. The molecule has 0 atom stereocenters. The predicted octanol–water partition coefficient (Wildman–Crippen LogP) is 2.89. The summed E-state index contributed by atoms with van der Waals surface area (Å²) < 4.78 is 0. The molecule has 1 aliphatic carbocycles. The van der Waals surface area contributed by atoms with Crippen LogP contribution >= 0.6 is 0 Å². The van der Waals surface area contributed by atoms with Crippen LogP contribution in [0.2, 0.25) is 0 Å². The molecular formula is C16H19N3O. The zero-order chi connectivity index (χ0) is 13.9. The molecular weight excluding hydrogens is 250 g/mol. The van der Waals surface area contributed by atoms with Gasteiger partial charge in [0, 0.05) is 5.39 Å². The number of hydrazine groups is 1. The zero-order valence-corrected chi connectivity index (χ0v) is 11.4. The lowest BCUT2D eigenvalue weighted by Crippen LogP contribution is -2.31. The second-order valence-electron chi connectivity index (χ2n) is 5.42. The van der Waals surface area contributed by atoms with Crippen molar-refractivity contribution in [3.8, 4) is 0 Å². The Morgan fingerprint density at radius 1 is 1.20 bits per heavy atom. The number of nitrogens with one attached hydrogen (secondary N) is 1. The van der Waals surface area contributed by atoms with Crippen molar-refractivity contribution >= 4 is 16.8 Å². The third-order valence-corrected chi connectivity index (χ3v) is 4.16. The van der Waals surface area contributed by atoms with Crippen LogP contribution in [0, 0.1) is 0 Å². The number of nitrogens with two attached hydrogens (primary N) is 1. The third-order valence-electron chi connectivity index (χ3n) is 4.16. The van der Waals surface area contributed by atoms with Crippen LogP contribution < -0.4 is 11.3 Å². The molecule has 0 radical (unpaired) electrons. The van der Waals surface area contributed by atoms with Crippen LogP contribution in [0.25, 0.3) is 10.9 Å². The summed E-state index contributed by atoms with van der Waals surface area (Å²) in [7, 11) is 0. The number of amides is 1. The number of carbonyl (C=O) groups excluding carboxylic acids is 1. The molecule has 0 bridgehead atoms. The Balaban J connectivity index is 2.13. The number of para-hydroxylation sites is 1. The SMILES string of the molecule is NNC(=O)c1cc(C2CCCCC2)c2ccccc2n1. The molecule has 3 N–H and O–H groups in total. The fourth-order valence-electron chi connectivity index (χ4n) is 3.14. The summed E-state index contributed by atoms with van der Waals surface area (Å²) >= 11 is 0. The van der Waals surface area contributed by atoms with Crippen LogP contribution in [-0.2, 0) is 0 Å². The Morgan fingerprint density at radius 2 is 1.95 bits per heavy atom. The molecule has 1 fully saturated rings. The Morgan fingerprint density at radius 3 is 2.70 bits per heavy atom. The first kappa shape index (κ1) is 13.1. The second-order valence-corrected chi connectivity index (χ2v) is 5.42. The summed E-state index contributed by atoms with van der Waals surface area (Å²) in [5, 5.41) is 1.16. The molecule has 1 aromatic carbocycles. The summed E-state index contributed by atoms with van der Waals surface area (Å²) in [6.07, 6.45) is 6.23. The maximum Gasteiger partial charge on any atom is 0.283 e. The van der Waals surface area contributed by atoms with Crippen molar-refractivity contribution in [2.24, 2.45) is 5.84 Å². The highest BCUT2D eigenvalue weighted by atomic mass is 16.2. The number of aromatic nitrogens is 1. The van der Waals surface area contributed by atoms with Gasteiger partial charge in [-0.3, -0.25) is 10.2 Å². The average Bonchev–Trinajstić information content (AvgIpc) is 2.54. The number of pyridine rings is 1. The first-order valence-electron chi connectivity index (χ1n) is 7.20. The summed E-state index contributed by atoms with van der Waals surface area (Å²) in [6.45, 7) is 0. The average molecular weight is 269 g/mol. The third kappa shape index (κ3) is 2.39. The van der Waals surface area contributed by atoms with Crippen LogP contribution in [0.5, 0.6) is 0 Å². The molecule has 1 amide bonds. The fourth-order valence-corrected chi connectivity index (χ4v) is 3.14. The molecule has 0 saturated heterocycles. The molecule has 1 aliphatic rings. The van der Waals surface area contributed by atoms with Crippen LogP contribution in [0.1, 0.15) is 54.1 Å². The lowest BCUT2D eigenvalue weighted by Gasteiger charge is -2.23. The van der Waals surface area contributed by atoms with Crippen molar-refractivity contribution in [3.05, 3.63) is 41.6 Å². The number of hydrogen-bond acceptors (Lipinski definition) is 3. The lowest BCUT2D eigenvalue weighted by molar-refractivity contribution is 0.0949. The quantitative estimate of drug-likeness (QED) is 0.500. The van der Waals surface area contributed by atoms with E-state index in [0.29, 0.717) is 11.6 Å². The van der Waals surface area contributed by atoms with E-state index in [0.717, 1.165) is 10.9 Å². The number of hydrogen-bond donors (Lipinski definition) is 2. The Hall–Kier alpha value is -1.94. The lowest BCUT2D eigenvalue weighted by atomic mass is 9.82.